The van der Waals surface area contributed by atoms with Crippen molar-refractivity contribution in [3.05, 3.63) is 34.6 Å². The molecule has 0 unspecified atom stereocenters. The Balaban J connectivity index is 2.05. The lowest BCUT2D eigenvalue weighted by Gasteiger charge is -2.05. The maximum Gasteiger partial charge on any atom is 0.147 e. The predicted molar refractivity (Wildman–Crippen MR) is 76.9 cm³/mol. The zero-order chi connectivity index (χ0) is 13.8. The summed E-state index contributed by atoms with van der Waals surface area (Å²) >= 11 is 1.52. The molecule has 0 amide bonds. The van der Waals surface area contributed by atoms with Gasteiger partial charge in [0.25, 0.3) is 0 Å². The molecule has 0 radical (unpaired) electrons. The Morgan fingerprint density at radius 3 is 2.79 bits per heavy atom. The average Bonchev–Trinajstić information content (AvgIpc) is 2.81. The lowest BCUT2D eigenvalue weighted by atomic mass is 10.1. The number of halogens is 1. The number of nitrogens with one attached hydrogen (secondary N) is 1. The van der Waals surface area contributed by atoms with Crippen molar-refractivity contribution in [2.75, 3.05) is 6.54 Å². The predicted octanol–water partition coefficient (Wildman–Crippen LogP) is 3.19. The molecule has 1 N–H and O–H groups in total. The first-order chi connectivity index (χ1) is 9.06. The molecule has 0 fully saturated rings. The topological polar surface area (TPSA) is 37.8 Å². The van der Waals surface area contributed by atoms with Gasteiger partial charge in [-0.25, -0.2) is 4.39 Å². The van der Waals surface area contributed by atoms with Gasteiger partial charge in [0.15, 0.2) is 0 Å². The minimum atomic E-state index is -0.198. The average molecular weight is 279 g/mol. The molecular weight excluding hydrogens is 261 g/mol. The highest BCUT2D eigenvalue weighted by atomic mass is 32.1. The number of hydrogen-bond donors (Lipinski definition) is 1. The Morgan fingerprint density at radius 1 is 1.32 bits per heavy atom. The fraction of sp³-hybridized carbons (Fsp3) is 0.429. The van der Waals surface area contributed by atoms with Crippen LogP contribution in [-0.2, 0) is 6.42 Å². The Morgan fingerprint density at radius 2 is 2.11 bits per heavy atom. The van der Waals surface area contributed by atoms with Gasteiger partial charge in [-0.05, 0) is 18.6 Å². The maximum absolute atomic E-state index is 13.5. The maximum atomic E-state index is 13.5. The zero-order valence-electron chi connectivity index (χ0n) is 11.4. The van der Waals surface area contributed by atoms with Crippen molar-refractivity contribution in [1.29, 1.82) is 0 Å². The summed E-state index contributed by atoms with van der Waals surface area (Å²) in [5.41, 5.74) is 1.44. The summed E-state index contributed by atoms with van der Waals surface area (Å²) in [7, 11) is 0. The van der Waals surface area contributed by atoms with Crippen LogP contribution < -0.4 is 5.32 Å². The van der Waals surface area contributed by atoms with Gasteiger partial charge in [-0.3, -0.25) is 0 Å². The van der Waals surface area contributed by atoms with Crippen molar-refractivity contribution in [3.63, 3.8) is 0 Å². The summed E-state index contributed by atoms with van der Waals surface area (Å²) in [4.78, 5) is 0. The van der Waals surface area contributed by atoms with Crippen LogP contribution >= 0.6 is 11.3 Å². The van der Waals surface area contributed by atoms with Gasteiger partial charge in [0.1, 0.15) is 15.8 Å². The van der Waals surface area contributed by atoms with E-state index in [1.54, 1.807) is 13.0 Å². The van der Waals surface area contributed by atoms with E-state index in [4.69, 9.17) is 0 Å². The van der Waals surface area contributed by atoms with Gasteiger partial charge in [0, 0.05) is 24.6 Å². The van der Waals surface area contributed by atoms with Gasteiger partial charge in [-0.1, -0.05) is 37.3 Å². The van der Waals surface area contributed by atoms with Crippen LogP contribution in [0.4, 0.5) is 4.39 Å². The quantitative estimate of drug-likeness (QED) is 0.913. The van der Waals surface area contributed by atoms with Crippen LogP contribution in [-0.4, -0.2) is 22.8 Å². The molecule has 1 heterocycles. The molecule has 0 atom stereocenters. The van der Waals surface area contributed by atoms with Gasteiger partial charge < -0.3 is 5.32 Å². The first kappa shape index (κ1) is 14.1. The molecule has 0 spiro atoms. The first-order valence-electron chi connectivity index (χ1n) is 6.38. The summed E-state index contributed by atoms with van der Waals surface area (Å²) < 4.78 is 13.5. The largest absolute Gasteiger partial charge is 0.314 e. The fourth-order valence-electron chi connectivity index (χ4n) is 1.66. The number of hydrogen-bond acceptors (Lipinski definition) is 4. The van der Waals surface area contributed by atoms with E-state index < -0.39 is 0 Å². The van der Waals surface area contributed by atoms with E-state index in [0.29, 0.717) is 11.6 Å². The van der Waals surface area contributed by atoms with Crippen molar-refractivity contribution < 1.29 is 4.39 Å². The van der Waals surface area contributed by atoms with Crippen molar-refractivity contribution in [3.8, 4) is 10.6 Å². The Hall–Kier alpha value is -1.33. The Kier molecular flexibility index (Phi) is 4.61. The van der Waals surface area contributed by atoms with E-state index in [-0.39, 0.29) is 5.82 Å². The minimum Gasteiger partial charge on any atom is -0.314 e. The van der Waals surface area contributed by atoms with Crippen LogP contribution in [0.5, 0.6) is 0 Å². The molecule has 0 bridgehead atoms. The molecule has 2 aromatic rings. The van der Waals surface area contributed by atoms with Crippen LogP contribution in [0, 0.1) is 12.7 Å². The van der Waals surface area contributed by atoms with Crippen molar-refractivity contribution in [2.24, 2.45) is 0 Å². The molecule has 0 aliphatic carbocycles. The summed E-state index contributed by atoms with van der Waals surface area (Å²) in [6.07, 6.45) is 0.851. The number of rotatable bonds is 5. The molecule has 1 aromatic carbocycles. The van der Waals surface area contributed by atoms with Crippen molar-refractivity contribution in [2.45, 2.75) is 33.2 Å². The van der Waals surface area contributed by atoms with E-state index in [9.17, 15) is 4.39 Å². The number of aryl methyl sites for hydroxylation is 1. The van der Waals surface area contributed by atoms with Crippen molar-refractivity contribution >= 4 is 11.3 Å². The Labute approximate surface area is 116 Å². The van der Waals surface area contributed by atoms with Gasteiger partial charge in [-0.15, -0.1) is 10.2 Å². The molecule has 0 aliphatic rings. The SMILES string of the molecule is Cc1ccc(-c2nnc(CCNC(C)C)s2)cc1F. The summed E-state index contributed by atoms with van der Waals surface area (Å²) in [5.74, 6) is -0.198. The normalized spacial score (nSPS) is 11.2. The first-order valence-corrected chi connectivity index (χ1v) is 7.20. The van der Waals surface area contributed by atoms with E-state index >= 15 is 0 Å². The third-order valence-electron chi connectivity index (χ3n) is 2.78. The van der Waals surface area contributed by atoms with E-state index in [2.05, 4.69) is 29.4 Å². The van der Waals surface area contributed by atoms with Crippen molar-refractivity contribution in [1.82, 2.24) is 15.5 Å². The third kappa shape index (κ3) is 3.81. The smallest absolute Gasteiger partial charge is 0.147 e. The number of nitrogens with zero attached hydrogens (tertiary/aromatic N) is 2. The molecule has 102 valence electrons. The molecule has 1 aromatic heterocycles. The zero-order valence-corrected chi connectivity index (χ0v) is 12.2. The molecule has 2 rings (SSSR count). The van der Waals surface area contributed by atoms with Crippen LogP contribution in [0.15, 0.2) is 18.2 Å². The Bertz CT molecular complexity index is 551. The molecule has 3 nitrogen and oxygen atoms in total. The molecule has 0 aliphatic heterocycles. The standard InChI is InChI=1S/C14H18FN3S/c1-9(2)16-7-6-13-17-18-14(19-13)11-5-4-10(3)12(15)8-11/h4-5,8-9,16H,6-7H2,1-3H3. The molecular formula is C14H18FN3S. The van der Waals surface area contributed by atoms with Gasteiger partial charge >= 0.3 is 0 Å². The van der Waals surface area contributed by atoms with Crippen LogP contribution in [0.1, 0.15) is 24.4 Å². The third-order valence-corrected chi connectivity index (χ3v) is 3.81. The number of aromatic nitrogens is 2. The second-order valence-corrected chi connectivity index (χ2v) is 5.89. The van der Waals surface area contributed by atoms with E-state index in [0.717, 1.165) is 28.5 Å². The second-order valence-electron chi connectivity index (χ2n) is 4.82. The molecule has 0 saturated heterocycles. The lowest BCUT2D eigenvalue weighted by Crippen LogP contribution is -2.24. The van der Waals surface area contributed by atoms with Crippen LogP contribution in [0.25, 0.3) is 10.6 Å². The summed E-state index contributed by atoms with van der Waals surface area (Å²) in [5, 5.41) is 13.4. The highest BCUT2D eigenvalue weighted by molar-refractivity contribution is 7.14. The minimum absolute atomic E-state index is 0.198. The monoisotopic (exact) mass is 279 g/mol. The van der Waals surface area contributed by atoms with Gasteiger partial charge in [0.05, 0.1) is 0 Å². The van der Waals surface area contributed by atoms with E-state index in [1.165, 1.54) is 17.4 Å². The second kappa shape index (κ2) is 6.21. The lowest BCUT2D eigenvalue weighted by molar-refractivity contribution is 0.588. The van der Waals surface area contributed by atoms with E-state index in [1.807, 2.05) is 6.07 Å². The fourth-order valence-corrected chi connectivity index (χ4v) is 2.50. The van der Waals surface area contributed by atoms with Crippen LogP contribution in [0.3, 0.4) is 0 Å². The molecule has 5 heteroatoms. The molecule has 0 saturated carbocycles. The van der Waals surface area contributed by atoms with Crippen LogP contribution in [0.2, 0.25) is 0 Å². The van der Waals surface area contributed by atoms with Gasteiger partial charge in [-0.2, -0.15) is 0 Å². The molecule has 19 heavy (non-hydrogen) atoms. The summed E-state index contributed by atoms with van der Waals surface area (Å²) in [6, 6.07) is 5.64. The van der Waals surface area contributed by atoms with Gasteiger partial charge in [0.2, 0.25) is 0 Å². The highest BCUT2D eigenvalue weighted by Crippen LogP contribution is 2.25. The summed E-state index contributed by atoms with van der Waals surface area (Å²) in [6.45, 7) is 6.86. The number of benzene rings is 1. The highest BCUT2D eigenvalue weighted by Gasteiger charge is 2.08.